The summed E-state index contributed by atoms with van der Waals surface area (Å²) in [6.45, 7) is 6.39. The molecule has 0 radical (unpaired) electrons. The molecule has 0 aromatic rings. The maximum atomic E-state index is 12.4. The van der Waals surface area contributed by atoms with Gasteiger partial charge in [-0.1, -0.05) is 19.3 Å². The van der Waals surface area contributed by atoms with Crippen LogP contribution in [0.1, 0.15) is 32.1 Å². The van der Waals surface area contributed by atoms with E-state index in [0.717, 1.165) is 25.2 Å². The molecule has 0 bridgehead atoms. The van der Waals surface area contributed by atoms with Gasteiger partial charge in [-0.25, -0.2) is 0 Å². The highest BCUT2D eigenvalue weighted by Gasteiger charge is 2.30. The van der Waals surface area contributed by atoms with Gasteiger partial charge in [0.05, 0.1) is 0 Å². The van der Waals surface area contributed by atoms with Gasteiger partial charge in [-0.05, 0) is 32.5 Å². The highest BCUT2D eigenvalue weighted by Crippen LogP contribution is 2.51. The molecule has 0 aliphatic carbocycles. The molecule has 0 amide bonds. The molecule has 0 aromatic heterocycles. The monoisotopic (exact) mass is 234 g/mol. The molecule has 0 unspecified atom stereocenters. The fraction of sp³-hybridized carbons (Fsp3) is 1.00. The fourth-order valence-electron chi connectivity index (χ4n) is 1.94. The Hall–Kier alpha value is 0.407. The van der Waals surface area contributed by atoms with Crippen LogP contribution in [-0.2, 0) is 8.78 Å². The minimum Gasteiger partial charge on any atom is -0.370 e. The first-order chi connectivity index (χ1) is 6.41. The quantitative estimate of drug-likeness (QED) is 0.531. The van der Waals surface area contributed by atoms with Crippen molar-refractivity contribution in [2.75, 3.05) is 12.3 Å². The van der Waals surface area contributed by atoms with Crippen molar-refractivity contribution in [2.24, 2.45) is 0 Å². The summed E-state index contributed by atoms with van der Waals surface area (Å²) in [6.07, 6.45) is 7.64. The Bertz CT molecular complexity index is 211. The minimum atomic E-state index is -2.24. The van der Waals surface area contributed by atoms with Gasteiger partial charge in [-0.2, -0.15) is 0 Å². The predicted octanol–water partition coefficient (Wildman–Crippen LogP) is 4.08. The van der Waals surface area contributed by atoms with Gasteiger partial charge in [0.25, 0.3) is 0 Å². The lowest BCUT2D eigenvalue weighted by molar-refractivity contribution is 0.467. The summed E-state index contributed by atoms with van der Waals surface area (Å²) in [6, 6.07) is 0. The molecule has 4 heteroatoms. The molecule has 2 nitrogen and oxygen atoms in total. The maximum absolute atomic E-state index is 12.4. The standard InChI is InChI=1S/C10H23O2PSi/c1-14(2,3)12-13(11)9-7-5-4-6-8-10-13/h4-10H2,1-3H3. The van der Waals surface area contributed by atoms with Crippen LogP contribution in [0.4, 0.5) is 0 Å². The van der Waals surface area contributed by atoms with Gasteiger partial charge in [-0.3, -0.25) is 4.57 Å². The Morgan fingerprint density at radius 3 is 1.79 bits per heavy atom. The molecule has 84 valence electrons. The summed E-state index contributed by atoms with van der Waals surface area (Å²) < 4.78 is 18.3. The fourth-order valence-corrected chi connectivity index (χ4v) is 8.30. The minimum absolute atomic E-state index is 0.831. The normalized spacial score (nSPS) is 23.9. The maximum Gasteiger partial charge on any atom is 0.193 e. The average Bonchev–Trinajstić information content (AvgIpc) is 1.95. The molecule has 0 aromatic carbocycles. The first-order valence-corrected chi connectivity index (χ1v) is 11.1. The van der Waals surface area contributed by atoms with Gasteiger partial charge in [0.2, 0.25) is 0 Å². The predicted molar refractivity (Wildman–Crippen MR) is 64.9 cm³/mol. The van der Waals surface area contributed by atoms with Crippen molar-refractivity contribution in [3.8, 4) is 0 Å². The number of hydrogen-bond donors (Lipinski definition) is 0. The molecular formula is C10H23O2PSi. The third-order valence-corrected chi connectivity index (χ3v) is 7.95. The first kappa shape index (κ1) is 12.5. The average molecular weight is 234 g/mol. The zero-order valence-electron chi connectivity index (χ0n) is 9.71. The van der Waals surface area contributed by atoms with Gasteiger partial charge in [0.1, 0.15) is 0 Å². The summed E-state index contributed by atoms with van der Waals surface area (Å²) >= 11 is 0. The van der Waals surface area contributed by atoms with Crippen LogP contribution in [0.2, 0.25) is 19.6 Å². The number of hydrogen-bond acceptors (Lipinski definition) is 2. The summed E-state index contributed by atoms with van der Waals surface area (Å²) in [7, 11) is -3.86. The van der Waals surface area contributed by atoms with Crippen molar-refractivity contribution < 1.29 is 8.78 Å². The molecule has 0 N–H and O–H groups in total. The van der Waals surface area contributed by atoms with Gasteiger partial charge in [-0.15, -0.1) is 0 Å². The number of rotatable bonds is 2. The second kappa shape index (κ2) is 4.96. The van der Waals surface area contributed by atoms with Crippen molar-refractivity contribution in [2.45, 2.75) is 51.7 Å². The Kier molecular flexibility index (Phi) is 4.42. The van der Waals surface area contributed by atoms with E-state index < -0.39 is 15.7 Å². The van der Waals surface area contributed by atoms with Crippen LogP contribution < -0.4 is 0 Å². The van der Waals surface area contributed by atoms with Crippen LogP contribution in [0.5, 0.6) is 0 Å². The van der Waals surface area contributed by atoms with Crippen LogP contribution >= 0.6 is 7.37 Å². The summed E-state index contributed by atoms with van der Waals surface area (Å²) in [5.41, 5.74) is 0. The van der Waals surface area contributed by atoms with E-state index >= 15 is 0 Å². The third-order valence-electron chi connectivity index (χ3n) is 2.44. The second-order valence-corrected chi connectivity index (χ2v) is 12.7. The van der Waals surface area contributed by atoms with Gasteiger partial charge in [0.15, 0.2) is 15.7 Å². The van der Waals surface area contributed by atoms with E-state index in [9.17, 15) is 4.57 Å². The molecule has 1 fully saturated rings. The van der Waals surface area contributed by atoms with Crippen LogP contribution in [0.25, 0.3) is 0 Å². The molecule has 0 spiro atoms. The SMILES string of the molecule is C[Si](C)(C)OP1(=O)CCCCCCC1. The van der Waals surface area contributed by atoms with Gasteiger partial charge in [0, 0.05) is 12.3 Å². The van der Waals surface area contributed by atoms with E-state index in [2.05, 4.69) is 19.6 Å². The largest absolute Gasteiger partial charge is 0.370 e. The van der Waals surface area contributed by atoms with Crippen LogP contribution in [0, 0.1) is 0 Å². The van der Waals surface area contributed by atoms with E-state index in [4.69, 9.17) is 4.21 Å². The lowest BCUT2D eigenvalue weighted by Gasteiger charge is -2.27. The molecule has 0 saturated carbocycles. The van der Waals surface area contributed by atoms with Gasteiger partial charge < -0.3 is 4.21 Å². The Morgan fingerprint density at radius 1 is 0.929 bits per heavy atom. The summed E-state index contributed by atoms with van der Waals surface area (Å²) in [4.78, 5) is 0. The molecule has 1 heterocycles. The first-order valence-electron chi connectivity index (χ1n) is 5.70. The second-order valence-electron chi connectivity index (χ2n) is 5.23. The van der Waals surface area contributed by atoms with E-state index in [1.807, 2.05) is 0 Å². The Balaban J connectivity index is 2.55. The molecule has 14 heavy (non-hydrogen) atoms. The van der Waals surface area contributed by atoms with Crippen LogP contribution in [-0.4, -0.2) is 20.6 Å². The molecule has 1 aliphatic heterocycles. The molecule has 1 rings (SSSR count). The summed E-state index contributed by atoms with van der Waals surface area (Å²) in [5, 5.41) is 0. The lowest BCUT2D eigenvalue weighted by atomic mass is 10.2. The molecule has 1 aliphatic rings. The molecule has 0 atom stereocenters. The van der Waals surface area contributed by atoms with E-state index in [-0.39, 0.29) is 0 Å². The zero-order chi connectivity index (χ0) is 10.7. The van der Waals surface area contributed by atoms with Crippen molar-refractivity contribution in [1.29, 1.82) is 0 Å². The van der Waals surface area contributed by atoms with E-state index in [0.29, 0.717) is 0 Å². The van der Waals surface area contributed by atoms with Crippen LogP contribution in [0.3, 0.4) is 0 Å². The highest BCUT2D eigenvalue weighted by atomic mass is 31.2. The van der Waals surface area contributed by atoms with E-state index in [1.54, 1.807) is 0 Å². The van der Waals surface area contributed by atoms with Crippen molar-refractivity contribution in [3.05, 3.63) is 0 Å². The van der Waals surface area contributed by atoms with Gasteiger partial charge >= 0.3 is 0 Å². The smallest absolute Gasteiger partial charge is 0.193 e. The Labute approximate surface area is 89.0 Å². The van der Waals surface area contributed by atoms with Crippen molar-refractivity contribution >= 4 is 15.7 Å². The van der Waals surface area contributed by atoms with Crippen molar-refractivity contribution in [3.63, 3.8) is 0 Å². The topological polar surface area (TPSA) is 26.3 Å². The van der Waals surface area contributed by atoms with Crippen LogP contribution in [0.15, 0.2) is 0 Å². The van der Waals surface area contributed by atoms with Crippen molar-refractivity contribution in [1.82, 2.24) is 0 Å². The Morgan fingerprint density at radius 2 is 1.36 bits per heavy atom. The zero-order valence-corrected chi connectivity index (χ0v) is 11.6. The summed E-state index contributed by atoms with van der Waals surface area (Å²) in [5.74, 6) is 0. The molecular weight excluding hydrogens is 211 g/mol. The third kappa shape index (κ3) is 4.76. The van der Waals surface area contributed by atoms with E-state index in [1.165, 1.54) is 19.3 Å². The molecule has 1 saturated heterocycles. The highest BCUT2D eigenvalue weighted by molar-refractivity contribution is 7.60. The lowest BCUT2D eigenvalue weighted by Crippen LogP contribution is -2.25.